The van der Waals surface area contributed by atoms with Crippen LogP contribution in [0.4, 0.5) is 0 Å². The molecule has 0 aliphatic heterocycles. The van der Waals surface area contributed by atoms with Crippen LogP contribution in [-0.2, 0) is 11.3 Å². The minimum atomic E-state index is -0.816. The molecule has 1 aliphatic carbocycles. The summed E-state index contributed by atoms with van der Waals surface area (Å²) in [5, 5.41) is 15.5. The summed E-state index contributed by atoms with van der Waals surface area (Å²) in [7, 11) is 0. The van der Waals surface area contributed by atoms with Crippen LogP contribution >= 0.6 is 0 Å². The van der Waals surface area contributed by atoms with Crippen LogP contribution in [0.3, 0.4) is 0 Å². The molecule has 0 bridgehead atoms. The van der Waals surface area contributed by atoms with E-state index in [0.717, 1.165) is 12.8 Å². The largest absolute Gasteiger partial charge is 0.364 e. The molecule has 1 fully saturated rings. The number of hydrogen-bond donors (Lipinski definition) is 1. The van der Waals surface area contributed by atoms with E-state index >= 15 is 0 Å². The zero-order valence-corrected chi connectivity index (χ0v) is 8.90. The van der Waals surface area contributed by atoms with E-state index < -0.39 is 5.41 Å². The molecule has 1 aliphatic rings. The Morgan fingerprint density at radius 2 is 2.38 bits per heavy atom. The van der Waals surface area contributed by atoms with Crippen molar-refractivity contribution in [3.05, 3.63) is 18.0 Å². The van der Waals surface area contributed by atoms with Crippen molar-refractivity contribution < 1.29 is 9.32 Å². The van der Waals surface area contributed by atoms with E-state index in [2.05, 4.69) is 21.1 Å². The number of hydrogen-bond acceptors (Lipinski definition) is 4. The molecule has 0 saturated heterocycles. The van der Waals surface area contributed by atoms with Gasteiger partial charge in [0.2, 0.25) is 5.91 Å². The lowest BCUT2D eigenvalue weighted by Gasteiger charge is -2.18. The number of carbonyl (C=O) groups excluding carboxylic acids is 1. The van der Waals surface area contributed by atoms with Crippen molar-refractivity contribution in [2.45, 2.75) is 32.2 Å². The molecule has 2 rings (SSSR count). The highest BCUT2D eigenvalue weighted by molar-refractivity contribution is 5.85. The van der Waals surface area contributed by atoms with Gasteiger partial charge in [-0.1, -0.05) is 18.0 Å². The van der Waals surface area contributed by atoms with Crippen molar-refractivity contribution in [3.63, 3.8) is 0 Å². The Kier molecular flexibility index (Phi) is 2.91. The minimum Gasteiger partial charge on any atom is -0.364 e. The molecule has 1 aromatic rings. The number of nitrogens with one attached hydrogen (secondary N) is 1. The number of rotatable bonds is 3. The van der Waals surface area contributed by atoms with E-state index in [-0.39, 0.29) is 5.91 Å². The summed E-state index contributed by atoms with van der Waals surface area (Å²) in [6, 6.07) is 3.84. The Morgan fingerprint density at radius 3 is 2.94 bits per heavy atom. The van der Waals surface area contributed by atoms with Gasteiger partial charge in [0.15, 0.2) is 0 Å². The van der Waals surface area contributed by atoms with Crippen LogP contribution in [0.15, 0.2) is 16.9 Å². The average molecular weight is 219 g/mol. The van der Waals surface area contributed by atoms with Crippen molar-refractivity contribution >= 4 is 5.91 Å². The molecule has 5 nitrogen and oxygen atoms in total. The molecule has 5 heteroatoms. The minimum absolute atomic E-state index is 0.185. The number of nitrogens with zero attached hydrogens (tertiary/aromatic N) is 2. The van der Waals surface area contributed by atoms with Crippen molar-refractivity contribution in [1.29, 1.82) is 5.26 Å². The zero-order chi connectivity index (χ0) is 11.4. The van der Waals surface area contributed by atoms with E-state index in [4.69, 9.17) is 5.26 Å². The maximum atomic E-state index is 11.9. The summed E-state index contributed by atoms with van der Waals surface area (Å²) in [4.78, 5) is 11.9. The van der Waals surface area contributed by atoms with Gasteiger partial charge in [0.25, 0.3) is 0 Å². The Labute approximate surface area is 93.4 Å². The van der Waals surface area contributed by atoms with Gasteiger partial charge >= 0.3 is 0 Å². The summed E-state index contributed by atoms with van der Waals surface area (Å²) in [6.07, 6.45) is 4.68. The highest BCUT2D eigenvalue weighted by Gasteiger charge is 2.41. The standard InChI is InChI=1S/C11H13N3O2/c12-8-11(4-1-2-5-11)10(15)13-7-9-3-6-16-14-9/h3,6H,1-2,4-5,7H2,(H,13,15). The molecule has 84 valence electrons. The van der Waals surface area contributed by atoms with Crippen LogP contribution in [0, 0.1) is 16.7 Å². The van der Waals surface area contributed by atoms with Gasteiger partial charge in [-0.05, 0) is 12.8 Å². The van der Waals surface area contributed by atoms with Crippen molar-refractivity contribution in [2.75, 3.05) is 0 Å². The Hall–Kier alpha value is -1.83. The third kappa shape index (κ3) is 1.91. The maximum absolute atomic E-state index is 11.9. The predicted octanol–water partition coefficient (Wildman–Crippen LogP) is 1.37. The first-order valence-corrected chi connectivity index (χ1v) is 5.36. The number of carbonyl (C=O) groups is 1. The predicted molar refractivity (Wildman–Crippen MR) is 54.9 cm³/mol. The maximum Gasteiger partial charge on any atom is 0.240 e. The molecule has 1 saturated carbocycles. The van der Waals surface area contributed by atoms with Gasteiger partial charge < -0.3 is 9.84 Å². The molecule has 0 unspecified atom stereocenters. The lowest BCUT2D eigenvalue weighted by molar-refractivity contribution is -0.128. The van der Waals surface area contributed by atoms with Gasteiger partial charge in [-0.15, -0.1) is 0 Å². The Bertz CT molecular complexity index is 399. The fourth-order valence-corrected chi connectivity index (χ4v) is 2.04. The van der Waals surface area contributed by atoms with E-state index in [9.17, 15) is 4.79 Å². The second kappa shape index (κ2) is 4.35. The van der Waals surface area contributed by atoms with Crippen LogP contribution in [0.25, 0.3) is 0 Å². The monoisotopic (exact) mass is 219 g/mol. The average Bonchev–Trinajstić information content (AvgIpc) is 2.97. The first-order chi connectivity index (χ1) is 7.77. The molecule has 0 spiro atoms. The molecule has 1 aromatic heterocycles. The topological polar surface area (TPSA) is 78.9 Å². The molecule has 0 radical (unpaired) electrons. The number of nitriles is 1. The van der Waals surface area contributed by atoms with Crippen molar-refractivity contribution in [3.8, 4) is 6.07 Å². The Balaban J connectivity index is 1.95. The van der Waals surface area contributed by atoms with Gasteiger partial charge in [0.1, 0.15) is 17.4 Å². The van der Waals surface area contributed by atoms with Crippen LogP contribution in [0.5, 0.6) is 0 Å². The van der Waals surface area contributed by atoms with Gasteiger partial charge in [0, 0.05) is 6.07 Å². The lowest BCUT2D eigenvalue weighted by atomic mass is 9.87. The van der Waals surface area contributed by atoms with Crippen LogP contribution in [-0.4, -0.2) is 11.1 Å². The van der Waals surface area contributed by atoms with Crippen LogP contribution in [0.1, 0.15) is 31.4 Å². The summed E-state index contributed by atoms with van der Waals surface area (Å²) < 4.78 is 4.66. The molecule has 1 N–H and O–H groups in total. The highest BCUT2D eigenvalue weighted by atomic mass is 16.5. The molecule has 0 aromatic carbocycles. The van der Waals surface area contributed by atoms with Crippen LogP contribution < -0.4 is 5.32 Å². The quantitative estimate of drug-likeness (QED) is 0.832. The fourth-order valence-electron chi connectivity index (χ4n) is 2.04. The summed E-state index contributed by atoms with van der Waals surface area (Å²) >= 11 is 0. The molecule has 0 atom stereocenters. The second-order valence-electron chi connectivity index (χ2n) is 4.07. The van der Waals surface area contributed by atoms with Gasteiger partial charge in [0.05, 0.1) is 12.6 Å². The van der Waals surface area contributed by atoms with E-state index in [1.165, 1.54) is 6.26 Å². The smallest absolute Gasteiger partial charge is 0.240 e. The lowest BCUT2D eigenvalue weighted by Crippen LogP contribution is -2.37. The van der Waals surface area contributed by atoms with Gasteiger partial charge in [-0.3, -0.25) is 4.79 Å². The first kappa shape index (κ1) is 10.7. The van der Waals surface area contributed by atoms with Crippen LogP contribution in [0.2, 0.25) is 0 Å². The highest BCUT2D eigenvalue weighted by Crippen LogP contribution is 2.37. The third-order valence-corrected chi connectivity index (χ3v) is 3.03. The van der Waals surface area contributed by atoms with Gasteiger partial charge in [-0.2, -0.15) is 5.26 Å². The van der Waals surface area contributed by atoms with Crippen molar-refractivity contribution in [2.24, 2.45) is 5.41 Å². The van der Waals surface area contributed by atoms with E-state index in [1.54, 1.807) is 6.07 Å². The third-order valence-electron chi connectivity index (χ3n) is 3.03. The fraction of sp³-hybridized carbons (Fsp3) is 0.545. The normalized spacial score (nSPS) is 17.9. The second-order valence-corrected chi connectivity index (χ2v) is 4.07. The molecular weight excluding hydrogens is 206 g/mol. The van der Waals surface area contributed by atoms with E-state index in [0.29, 0.717) is 25.1 Å². The SMILES string of the molecule is N#CC1(C(=O)NCc2ccon2)CCCC1. The van der Waals surface area contributed by atoms with Crippen molar-refractivity contribution in [1.82, 2.24) is 10.5 Å². The summed E-state index contributed by atoms with van der Waals surface area (Å²) in [5.41, 5.74) is -0.150. The van der Waals surface area contributed by atoms with E-state index in [1.807, 2.05) is 0 Å². The zero-order valence-electron chi connectivity index (χ0n) is 8.90. The number of aromatic nitrogens is 1. The molecule has 1 heterocycles. The first-order valence-electron chi connectivity index (χ1n) is 5.36. The molecular formula is C11H13N3O2. The summed E-state index contributed by atoms with van der Waals surface area (Å²) in [6.45, 7) is 0.318. The Morgan fingerprint density at radius 1 is 1.62 bits per heavy atom. The number of amides is 1. The molecule has 16 heavy (non-hydrogen) atoms. The molecule has 1 amide bonds. The van der Waals surface area contributed by atoms with Gasteiger partial charge in [-0.25, -0.2) is 0 Å². The summed E-state index contributed by atoms with van der Waals surface area (Å²) in [5.74, 6) is -0.185.